The number of carbonyl (C=O) groups excluding carboxylic acids is 2. The molecule has 1 fully saturated rings. The normalized spacial score (nSPS) is 20.2. The fourth-order valence-electron chi connectivity index (χ4n) is 1.62. The van der Waals surface area contributed by atoms with Crippen LogP contribution in [-0.2, 0) is 4.79 Å². The SMILES string of the molecule is NC1CC(=O)N(c2ncnc(Cl)c2C=O)C1. The summed E-state index contributed by atoms with van der Waals surface area (Å²) in [7, 11) is 0. The van der Waals surface area contributed by atoms with Crippen molar-refractivity contribution in [3.8, 4) is 0 Å². The van der Waals surface area contributed by atoms with E-state index in [1.165, 1.54) is 11.2 Å². The predicted molar refractivity (Wildman–Crippen MR) is 57.4 cm³/mol. The molecule has 0 aliphatic carbocycles. The van der Waals surface area contributed by atoms with Crippen LogP contribution in [0.1, 0.15) is 16.8 Å². The molecule has 0 radical (unpaired) electrons. The van der Waals surface area contributed by atoms with Gasteiger partial charge >= 0.3 is 0 Å². The Hall–Kier alpha value is -1.53. The van der Waals surface area contributed by atoms with Crippen molar-refractivity contribution >= 4 is 29.6 Å². The number of aromatic nitrogens is 2. The molecule has 1 aliphatic rings. The van der Waals surface area contributed by atoms with Gasteiger partial charge in [0.15, 0.2) is 12.1 Å². The third kappa shape index (κ3) is 1.77. The third-order valence-electron chi connectivity index (χ3n) is 2.34. The quantitative estimate of drug-likeness (QED) is 0.581. The second-order valence-electron chi connectivity index (χ2n) is 3.49. The molecule has 1 aromatic heterocycles. The first-order valence-electron chi connectivity index (χ1n) is 4.65. The summed E-state index contributed by atoms with van der Waals surface area (Å²) >= 11 is 5.74. The first-order valence-corrected chi connectivity index (χ1v) is 5.03. The highest BCUT2D eigenvalue weighted by molar-refractivity contribution is 6.32. The average Bonchev–Trinajstić information content (AvgIpc) is 2.57. The summed E-state index contributed by atoms with van der Waals surface area (Å²) in [6.45, 7) is 0.340. The molecule has 0 saturated carbocycles. The van der Waals surface area contributed by atoms with Crippen LogP contribution in [0.5, 0.6) is 0 Å². The number of carbonyl (C=O) groups is 2. The minimum atomic E-state index is -0.235. The topological polar surface area (TPSA) is 89.2 Å². The molecule has 6 nitrogen and oxygen atoms in total. The van der Waals surface area contributed by atoms with Crippen LogP contribution in [0.4, 0.5) is 5.82 Å². The Labute approximate surface area is 96.4 Å². The summed E-state index contributed by atoms with van der Waals surface area (Å²) < 4.78 is 0. The molecular formula is C9H9ClN4O2. The van der Waals surface area contributed by atoms with Gasteiger partial charge in [-0.1, -0.05) is 11.6 Å². The number of nitrogens with two attached hydrogens (primary N) is 1. The van der Waals surface area contributed by atoms with Crippen molar-refractivity contribution in [3.05, 3.63) is 17.0 Å². The van der Waals surface area contributed by atoms with Crippen LogP contribution < -0.4 is 10.6 Å². The first kappa shape index (κ1) is 11.0. The van der Waals surface area contributed by atoms with E-state index in [1.807, 2.05) is 0 Å². The lowest BCUT2D eigenvalue weighted by atomic mass is 10.3. The molecule has 1 aromatic rings. The molecule has 1 aliphatic heterocycles. The van der Waals surface area contributed by atoms with Crippen molar-refractivity contribution < 1.29 is 9.59 Å². The highest BCUT2D eigenvalue weighted by Gasteiger charge is 2.31. The molecule has 1 atom stereocenters. The lowest BCUT2D eigenvalue weighted by Gasteiger charge is -2.16. The van der Waals surface area contributed by atoms with E-state index in [0.29, 0.717) is 12.8 Å². The van der Waals surface area contributed by atoms with Gasteiger partial charge in [0.05, 0.1) is 5.56 Å². The number of aldehydes is 1. The molecule has 1 saturated heterocycles. The van der Waals surface area contributed by atoms with Gasteiger partial charge in [0.25, 0.3) is 0 Å². The maximum atomic E-state index is 11.6. The maximum absolute atomic E-state index is 11.6. The second-order valence-corrected chi connectivity index (χ2v) is 3.85. The first-order chi connectivity index (χ1) is 7.63. The number of amides is 1. The van der Waals surface area contributed by atoms with E-state index in [-0.39, 0.29) is 34.9 Å². The summed E-state index contributed by atoms with van der Waals surface area (Å²) in [4.78, 5) is 31.4. The van der Waals surface area contributed by atoms with Crippen molar-refractivity contribution in [2.45, 2.75) is 12.5 Å². The molecule has 1 unspecified atom stereocenters. The lowest BCUT2D eigenvalue weighted by Crippen LogP contribution is -2.29. The third-order valence-corrected chi connectivity index (χ3v) is 2.64. The minimum absolute atomic E-state index is 0.0354. The van der Waals surface area contributed by atoms with Gasteiger partial charge in [-0.3, -0.25) is 14.5 Å². The van der Waals surface area contributed by atoms with Crippen molar-refractivity contribution in [2.75, 3.05) is 11.4 Å². The molecule has 16 heavy (non-hydrogen) atoms. The van der Waals surface area contributed by atoms with Gasteiger partial charge in [-0.15, -0.1) is 0 Å². The van der Waals surface area contributed by atoms with E-state index in [9.17, 15) is 9.59 Å². The number of rotatable bonds is 2. The van der Waals surface area contributed by atoms with Crippen LogP contribution >= 0.6 is 11.6 Å². The molecule has 84 valence electrons. The van der Waals surface area contributed by atoms with E-state index in [0.717, 1.165) is 0 Å². The van der Waals surface area contributed by atoms with Crippen molar-refractivity contribution in [1.29, 1.82) is 0 Å². The number of halogens is 1. The predicted octanol–water partition coefficient (Wildman–Crippen LogP) is 0.00650. The van der Waals surface area contributed by atoms with Crippen LogP contribution in [0.2, 0.25) is 5.15 Å². The summed E-state index contributed by atoms with van der Waals surface area (Å²) in [6.07, 6.45) is 2.00. The van der Waals surface area contributed by atoms with Gasteiger partial charge < -0.3 is 5.73 Å². The fourth-order valence-corrected chi connectivity index (χ4v) is 1.79. The van der Waals surface area contributed by atoms with Crippen LogP contribution in [0.15, 0.2) is 6.33 Å². The van der Waals surface area contributed by atoms with Crippen LogP contribution in [0.3, 0.4) is 0 Å². The lowest BCUT2D eigenvalue weighted by molar-refractivity contribution is -0.117. The highest BCUT2D eigenvalue weighted by atomic mass is 35.5. The van der Waals surface area contributed by atoms with E-state index in [2.05, 4.69) is 9.97 Å². The summed E-state index contributed by atoms with van der Waals surface area (Å²) in [6, 6.07) is -0.235. The standard InChI is InChI=1S/C9H9ClN4O2/c10-8-6(3-15)9(13-4-12-8)14-2-5(11)1-7(14)16/h3-5H,1-2,11H2. The van der Waals surface area contributed by atoms with Crippen molar-refractivity contribution in [3.63, 3.8) is 0 Å². The van der Waals surface area contributed by atoms with Gasteiger partial charge in [-0.25, -0.2) is 9.97 Å². The van der Waals surface area contributed by atoms with Crippen molar-refractivity contribution in [2.24, 2.45) is 5.73 Å². The fraction of sp³-hybridized carbons (Fsp3) is 0.333. The summed E-state index contributed by atoms with van der Waals surface area (Å²) in [5.74, 6) is 0.0679. The van der Waals surface area contributed by atoms with E-state index in [4.69, 9.17) is 17.3 Å². The van der Waals surface area contributed by atoms with Crippen molar-refractivity contribution in [1.82, 2.24) is 9.97 Å². The Bertz CT molecular complexity index is 451. The number of hydrogen-bond acceptors (Lipinski definition) is 5. The number of hydrogen-bond donors (Lipinski definition) is 1. The van der Waals surface area contributed by atoms with Crippen LogP contribution in [-0.4, -0.2) is 34.7 Å². The maximum Gasteiger partial charge on any atom is 0.229 e. The van der Waals surface area contributed by atoms with E-state index >= 15 is 0 Å². The monoisotopic (exact) mass is 240 g/mol. The Morgan fingerprint density at radius 3 is 2.88 bits per heavy atom. The molecule has 2 heterocycles. The van der Waals surface area contributed by atoms with E-state index in [1.54, 1.807) is 0 Å². The average molecular weight is 241 g/mol. The molecule has 0 bridgehead atoms. The van der Waals surface area contributed by atoms with Gasteiger partial charge in [0, 0.05) is 19.0 Å². The number of nitrogens with zero attached hydrogens (tertiary/aromatic N) is 3. The molecule has 7 heteroatoms. The number of anilines is 1. The molecule has 0 spiro atoms. The zero-order chi connectivity index (χ0) is 11.7. The summed E-state index contributed by atoms with van der Waals surface area (Å²) in [5.41, 5.74) is 5.77. The van der Waals surface area contributed by atoms with Gasteiger partial charge in [0.2, 0.25) is 5.91 Å². The highest BCUT2D eigenvalue weighted by Crippen LogP contribution is 2.24. The molecule has 0 aromatic carbocycles. The van der Waals surface area contributed by atoms with Gasteiger partial charge in [-0.2, -0.15) is 0 Å². The Kier molecular flexibility index (Phi) is 2.84. The van der Waals surface area contributed by atoms with E-state index < -0.39 is 0 Å². The Morgan fingerprint density at radius 2 is 2.31 bits per heavy atom. The largest absolute Gasteiger partial charge is 0.326 e. The van der Waals surface area contributed by atoms with Crippen LogP contribution in [0.25, 0.3) is 0 Å². The molecule has 2 N–H and O–H groups in total. The van der Waals surface area contributed by atoms with Gasteiger partial charge in [-0.05, 0) is 0 Å². The zero-order valence-corrected chi connectivity index (χ0v) is 9.02. The molecular weight excluding hydrogens is 232 g/mol. The van der Waals surface area contributed by atoms with Crippen LogP contribution in [0, 0.1) is 0 Å². The Morgan fingerprint density at radius 1 is 1.56 bits per heavy atom. The minimum Gasteiger partial charge on any atom is -0.326 e. The molecule has 1 amide bonds. The second kappa shape index (κ2) is 4.15. The Balaban J connectivity index is 2.44. The smallest absolute Gasteiger partial charge is 0.229 e. The zero-order valence-electron chi connectivity index (χ0n) is 8.26. The summed E-state index contributed by atoms with van der Waals surface area (Å²) in [5, 5.41) is 0.0354. The molecule has 2 rings (SSSR count). The van der Waals surface area contributed by atoms with Gasteiger partial charge in [0.1, 0.15) is 11.5 Å².